The van der Waals surface area contributed by atoms with Crippen LogP contribution in [-0.2, 0) is 54.8 Å². The molecule has 5 atom stereocenters. The summed E-state index contributed by atoms with van der Waals surface area (Å²) in [6.07, 6.45) is -2.45. The molecule has 4 aromatic rings. The highest BCUT2D eigenvalue weighted by atomic mass is 16.7. The molecule has 5 rings (SSSR count). The van der Waals surface area contributed by atoms with E-state index in [1.165, 1.54) is 0 Å². The summed E-state index contributed by atoms with van der Waals surface area (Å²) in [6.45, 7) is 2.02. The summed E-state index contributed by atoms with van der Waals surface area (Å²) < 4.78 is 38.0. The van der Waals surface area contributed by atoms with E-state index in [0.29, 0.717) is 33.0 Å². The molecule has 6 heteroatoms. The van der Waals surface area contributed by atoms with Crippen molar-refractivity contribution >= 4 is 0 Å². The van der Waals surface area contributed by atoms with Gasteiger partial charge in [0.25, 0.3) is 0 Å². The molecule has 1 aliphatic rings. The zero-order chi connectivity index (χ0) is 28.1. The molecule has 4 aromatic carbocycles. The van der Waals surface area contributed by atoms with Gasteiger partial charge in [-0.3, -0.25) is 0 Å². The van der Waals surface area contributed by atoms with Crippen LogP contribution in [0.1, 0.15) is 22.3 Å². The Hall–Kier alpha value is -3.36. The molecule has 0 bridgehead atoms. The summed E-state index contributed by atoms with van der Waals surface area (Å²) in [7, 11) is 1.63. The Morgan fingerprint density at radius 2 is 1.00 bits per heavy atom. The lowest BCUT2D eigenvalue weighted by molar-refractivity contribution is -0.186. The first-order chi connectivity index (χ1) is 20.3. The number of methoxy groups -OCH3 is 1. The summed E-state index contributed by atoms with van der Waals surface area (Å²) >= 11 is 0. The highest BCUT2D eigenvalue weighted by Gasteiger charge is 2.50. The zero-order valence-electron chi connectivity index (χ0n) is 23.4. The molecule has 1 fully saturated rings. The van der Waals surface area contributed by atoms with E-state index in [4.69, 9.17) is 28.4 Å². The third kappa shape index (κ3) is 8.57. The second-order valence-electron chi connectivity index (χ2n) is 10.1. The van der Waals surface area contributed by atoms with Gasteiger partial charge >= 0.3 is 0 Å². The van der Waals surface area contributed by atoms with E-state index in [0.717, 1.165) is 22.3 Å². The van der Waals surface area contributed by atoms with Crippen molar-refractivity contribution in [3.05, 3.63) is 144 Å². The lowest BCUT2D eigenvalue weighted by Gasteiger charge is -2.29. The fourth-order valence-electron chi connectivity index (χ4n) is 4.92. The van der Waals surface area contributed by atoms with E-state index in [1.54, 1.807) is 7.11 Å². The number of rotatable bonds is 15. The molecule has 6 nitrogen and oxygen atoms in total. The Balaban J connectivity index is 1.35. The van der Waals surface area contributed by atoms with Crippen LogP contribution in [0, 0.1) is 0 Å². The zero-order valence-corrected chi connectivity index (χ0v) is 23.4. The Kier molecular flexibility index (Phi) is 11.1. The van der Waals surface area contributed by atoms with Crippen molar-refractivity contribution in [2.45, 2.75) is 57.1 Å². The first kappa shape index (κ1) is 29.1. The standard InChI is InChI=1S/C35H38O6/c1-36-35-34(40-25-30-20-12-5-13-21-30)33(39-24-29-18-10-4-11-19-29)32(41-35)31(38-23-28-16-8-3-9-17-28)26-37-22-27-14-6-2-7-15-27/h2-21,31-35H,22-26H2,1H3/t31-,32+,33+,34-,35-/m1/s1. The Morgan fingerprint density at radius 1 is 0.561 bits per heavy atom. The largest absolute Gasteiger partial charge is 0.374 e. The van der Waals surface area contributed by atoms with Gasteiger partial charge in [0.05, 0.1) is 33.0 Å². The van der Waals surface area contributed by atoms with Crippen LogP contribution >= 0.6 is 0 Å². The average molecular weight is 555 g/mol. The highest BCUT2D eigenvalue weighted by molar-refractivity contribution is 5.16. The van der Waals surface area contributed by atoms with Crippen molar-refractivity contribution < 1.29 is 28.4 Å². The number of benzene rings is 4. The molecule has 0 saturated carbocycles. The van der Waals surface area contributed by atoms with Gasteiger partial charge < -0.3 is 28.4 Å². The Morgan fingerprint density at radius 3 is 1.49 bits per heavy atom. The van der Waals surface area contributed by atoms with Crippen molar-refractivity contribution in [3.63, 3.8) is 0 Å². The first-order valence-corrected chi connectivity index (χ1v) is 14.1. The molecular weight excluding hydrogens is 516 g/mol. The van der Waals surface area contributed by atoms with E-state index in [2.05, 4.69) is 0 Å². The summed E-state index contributed by atoms with van der Waals surface area (Å²) in [4.78, 5) is 0. The molecule has 1 aliphatic heterocycles. The lowest BCUT2D eigenvalue weighted by Crippen LogP contribution is -2.45. The number of ether oxygens (including phenoxy) is 6. The van der Waals surface area contributed by atoms with Gasteiger partial charge in [-0.1, -0.05) is 121 Å². The summed E-state index contributed by atoms with van der Waals surface area (Å²) in [6, 6.07) is 40.4. The van der Waals surface area contributed by atoms with Crippen LogP contribution in [-0.4, -0.2) is 44.4 Å². The van der Waals surface area contributed by atoms with E-state index in [9.17, 15) is 0 Å². The second-order valence-corrected chi connectivity index (χ2v) is 10.1. The normalized spacial score (nSPS) is 21.1. The van der Waals surface area contributed by atoms with Crippen molar-refractivity contribution in [2.75, 3.05) is 13.7 Å². The van der Waals surface area contributed by atoms with Gasteiger partial charge in [-0.25, -0.2) is 0 Å². The van der Waals surface area contributed by atoms with Crippen molar-refractivity contribution in [2.24, 2.45) is 0 Å². The summed E-state index contributed by atoms with van der Waals surface area (Å²) in [5.74, 6) is 0. The number of hydrogen-bond donors (Lipinski definition) is 0. The molecule has 0 radical (unpaired) electrons. The fraction of sp³-hybridized carbons (Fsp3) is 0.314. The fourth-order valence-corrected chi connectivity index (χ4v) is 4.92. The molecule has 0 amide bonds. The maximum absolute atomic E-state index is 6.57. The van der Waals surface area contributed by atoms with Gasteiger partial charge in [0.1, 0.15) is 24.4 Å². The molecule has 0 aromatic heterocycles. The van der Waals surface area contributed by atoms with Crippen LogP contribution in [0.4, 0.5) is 0 Å². The highest BCUT2D eigenvalue weighted by Crippen LogP contribution is 2.32. The van der Waals surface area contributed by atoms with Crippen LogP contribution in [0.15, 0.2) is 121 Å². The van der Waals surface area contributed by atoms with Crippen LogP contribution in [0.2, 0.25) is 0 Å². The van der Waals surface area contributed by atoms with E-state index in [1.807, 2.05) is 121 Å². The molecule has 0 unspecified atom stereocenters. The lowest BCUT2D eigenvalue weighted by atomic mass is 10.0. The predicted molar refractivity (Wildman–Crippen MR) is 157 cm³/mol. The quantitative estimate of drug-likeness (QED) is 0.171. The SMILES string of the molecule is CO[C@@H]1O[C@@H]([C@@H](COCc2ccccc2)OCc2ccccc2)[C@H](OCc2ccccc2)[C@H]1OCc1ccccc1. The van der Waals surface area contributed by atoms with Gasteiger partial charge in [-0.05, 0) is 22.3 Å². The average Bonchev–Trinajstić information content (AvgIpc) is 3.39. The Labute approximate surface area is 242 Å². The third-order valence-electron chi connectivity index (χ3n) is 7.08. The monoisotopic (exact) mass is 554 g/mol. The minimum atomic E-state index is -0.624. The maximum atomic E-state index is 6.57. The molecule has 41 heavy (non-hydrogen) atoms. The van der Waals surface area contributed by atoms with Crippen LogP contribution in [0.3, 0.4) is 0 Å². The van der Waals surface area contributed by atoms with Crippen LogP contribution in [0.5, 0.6) is 0 Å². The van der Waals surface area contributed by atoms with Gasteiger partial charge in [0.2, 0.25) is 0 Å². The molecular formula is C35H38O6. The van der Waals surface area contributed by atoms with Crippen molar-refractivity contribution in [1.29, 1.82) is 0 Å². The van der Waals surface area contributed by atoms with Gasteiger partial charge in [0, 0.05) is 7.11 Å². The van der Waals surface area contributed by atoms with Gasteiger partial charge in [-0.15, -0.1) is 0 Å². The van der Waals surface area contributed by atoms with E-state index < -0.39 is 30.7 Å². The summed E-state index contributed by atoms with van der Waals surface area (Å²) in [5, 5.41) is 0. The minimum absolute atomic E-state index is 0.319. The smallest absolute Gasteiger partial charge is 0.186 e. The predicted octanol–water partition coefficient (Wildman–Crippen LogP) is 6.33. The van der Waals surface area contributed by atoms with Crippen molar-refractivity contribution in [1.82, 2.24) is 0 Å². The molecule has 214 valence electrons. The van der Waals surface area contributed by atoms with Gasteiger partial charge in [-0.2, -0.15) is 0 Å². The molecule has 1 saturated heterocycles. The van der Waals surface area contributed by atoms with Crippen molar-refractivity contribution in [3.8, 4) is 0 Å². The van der Waals surface area contributed by atoms with Gasteiger partial charge in [0.15, 0.2) is 6.29 Å². The molecule has 0 aliphatic carbocycles. The summed E-state index contributed by atoms with van der Waals surface area (Å²) in [5.41, 5.74) is 4.30. The third-order valence-corrected chi connectivity index (χ3v) is 7.08. The molecule has 1 heterocycles. The maximum Gasteiger partial charge on any atom is 0.186 e. The van der Waals surface area contributed by atoms with E-state index in [-0.39, 0.29) is 0 Å². The van der Waals surface area contributed by atoms with E-state index >= 15 is 0 Å². The second kappa shape index (κ2) is 15.6. The van der Waals surface area contributed by atoms with Crippen LogP contribution in [0.25, 0.3) is 0 Å². The topological polar surface area (TPSA) is 55.4 Å². The first-order valence-electron chi connectivity index (χ1n) is 14.1. The van der Waals surface area contributed by atoms with Crippen LogP contribution < -0.4 is 0 Å². The molecule has 0 spiro atoms. The minimum Gasteiger partial charge on any atom is -0.374 e. The number of hydrogen-bond acceptors (Lipinski definition) is 6. The molecule has 0 N–H and O–H groups in total. The Bertz CT molecular complexity index is 1260.